The molecule has 2 saturated heterocycles. The second-order valence-electron chi connectivity index (χ2n) is 6.70. The summed E-state index contributed by atoms with van der Waals surface area (Å²) in [5.41, 5.74) is 0.369. The molecule has 0 radical (unpaired) electrons. The highest BCUT2D eigenvalue weighted by Crippen LogP contribution is 2.28. The summed E-state index contributed by atoms with van der Waals surface area (Å²) in [5.74, 6) is 1.32. The van der Waals surface area contributed by atoms with Gasteiger partial charge in [0.2, 0.25) is 0 Å². The number of ether oxygens (including phenoxy) is 1. The predicted octanol–water partition coefficient (Wildman–Crippen LogP) is 2.90. The van der Waals surface area contributed by atoms with Crippen LogP contribution in [-0.4, -0.2) is 59.3 Å². The van der Waals surface area contributed by atoms with E-state index in [1.165, 1.54) is 12.8 Å². The largest absolute Gasteiger partial charge is 0.484 e. The Morgan fingerprint density at radius 3 is 3.12 bits per heavy atom. The maximum Gasteiger partial charge on any atom is 0.276 e. The zero-order chi connectivity index (χ0) is 17.9. The smallest absolute Gasteiger partial charge is 0.276 e. The molecule has 0 unspecified atom stereocenters. The molecule has 0 N–H and O–H groups in total. The van der Waals surface area contributed by atoms with Crippen LogP contribution in [0.5, 0.6) is 5.75 Å². The Morgan fingerprint density at radius 1 is 1.35 bits per heavy atom. The van der Waals surface area contributed by atoms with Crippen molar-refractivity contribution in [3.8, 4) is 5.75 Å². The molecule has 1 atom stereocenters. The normalized spacial score (nSPS) is 20.2. The second-order valence-corrected chi connectivity index (χ2v) is 7.55. The number of para-hydroxylation sites is 1. The number of rotatable bonds is 5. The third-order valence-corrected chi connectivity index (χ3v) is 5.87. The van der Waals surface area contributed by atoms with Crippen LogP contribution in [0.4, 0.5) is 0 Å². The number of nitrogens with zero attached hydrogens (tertiary/aromatic N) is 3. The van der Waals surface area contributed by atoms with Gasteiger partial charge in [-0.25, -0.2) is 0 Å². The molecular formula is C19H23N3O3S. The number of aromatic nitrogens is 1. The van der Waals surface area contributed by atoms with Crippen molar-refractivity contribution in [1.29, 1.82) is 0 Å². The lowest BCUT2D eigenvalue weighted by atomic mass is 10.1. The van der Waals surface area contributed by atoms with E-state index in [2.05, 4.69) is 10.1 Å². The van der Waals surface area contributed by atoms with Crippen molar-refractivity contribution in [2.24, 2.45) is 0 Å². The number of thioether (sulfide) groups is 1. The van der Waals surface area contributed by atoms with E-state index >= 15 is 0 Å². The van der Waals surface area contributed by atoms with Crippen LogP contribution in [0.15, 0.2) is 39.8 Å². The average molecular weight is 373 g/mol. The topological polar surface area (TPSA) is 58.8 Å². The van der Waals surface area contributed by atoms with Gasteiger partial charge in [-0.15, -0.1) is 11.8 Å². The number of piperazine rings is 1. The highest BCUT2D eigenvalue weighted by atomic mass is 32.2. The molecule has 0 spiro atoms. The van der Waals surface area contributed by atoms with E-state index in [1.807, 2.05) is 35.4 Å². The van der Waals surface area contributed by atoms with Crippen molar-refractivity contribution in [2.45, 2.75) is 30.4 Å². The van der Waals surface area contributed by atoms with Gasteiger partial charge in [-0.05, 0) is 37.8 Å². The fraction of sp³-hybridized carbons (Fsp3) is 0.474. The van der Waals surface area contributed by atoms with E-state index in [1.54, 1.807) is 17.8 Å². The van der Waals surface area contributed by atoms with Gasteiger partial charge in [0.1, 0.15) is 12.4 Å². The van der Waals surface area contributed by atoms with Crippen molar-refractivity contribution < 1.29 is 14.1 Å². The number of amides is 1. The van der Waals surface area contributed by atoms with Crippen LogP contribution in [-0.2, 0) is 6.61 Å². The van der Waals surface area contributed by atoms with Gasteiger partial charge in [0.25, 0.3) is 5.91 Å². The molecule has 1 aromatic carbocycles. The van der Waals surface area contributed by atoms with Crippen LogP contribution in [0.2, 0.25) is 0 Å². The maximum absolute atomic E-state index is 12.7. The van der Waals surface area contributed by atoms with E-state index in [-0.39, 0.29) is 12.5 Å². The Hall–Kier alpha value is -1.99. The van der Waals surface area contributed by atoms with Gasteiger partial charge >= 0.3 is 0 Å². The minimum absolute atomic E-state index is 0.0453. The van der Waals surface area contributed by atoms with Crippen LogP contribution >= 0.6 is 11.8 Å². The molecule has 26 heavy (non-hydrogen) atoms. The fourth-order valence-electron chi connectivity index (χ4n) is 3.71. The molecule has 3 heterocycles. The molecule has 0 aliphatic carbocycles. The molecule has 6 nitrogen and oxygen atoms in total. The van der Waals surface area contributed by atoms with Crippen molar-refractivity contribution >= 4 is 17.7 Å². The first-order chi connectivity index (χ1) is 12.7. The Balaban J connectivity index is 1.37. The monoisotopic (exact) mass is 373 g/mol. The molecule has 2 aliphatic heterocycles. The molecular weight excluding hydrogens is 350 g/mol. The van der Waals surface area contributed by atoms with Gasteiger partial charge in [-0.2, -0.15) is 0 Å². The van der Waals surface area contributed by atoms with Crippen molar-refractivity contribution in [2.75, 3.05) is 32.4 Å². The highest BCUT2D eigenvalue weighted by Gasteiger charge is 2.33. The molecule has 138 valence electrons. The first kappa shape index (κ1) is 17.4. The first-order valence-electron chi connectivity index (χ1n) is 8.99. The minimum atomic E-state index is -0.0453. The SMILES string of the molecule is CSc1ccccc1OCc1cc(C(=O)N2CCN3CCC[C@H]3C2)no1. The van der Waals surface area contributed by atoms with Gasteiger partial charge in [0.05, 0.1) is 0 Å². The van der Waals surface area contributed by atoms with Crippen LogP contribution in [0.3, 0.4) is 0 Å². The lowest BCUT2D eigenvalue weighted by molar-refractivity contribution is 0.0561. The van der Waals surface area contributed by atoms with Gasteiger partial charge in [-0.1, -0.05) is 17.3 Å². The third kappa shape index (κ3) is 3.59. The highest BCUT2D eigenvalue weighted by molar-refractivity contribution is 7.98. The number of fused-ring (bicyclic) bond motifs is 1. The number of benzene rings is 1. The Kier molecular flexibility index (Phi) is 5.17. The minimum Gasteiger partial charge on any atom is -0.484 e. The van der Waals surface area contributed by atoms with Crippen LogP contribution < -0.4 is 4.74 Å². The standard InChI is InChI=1S/C19H23N3O3S/c1-26-18-7-3-2-6-17(18)24-13-15-11-16(20-25-15)19(23)22-10-9-21-8-4-5-14(21)12-22/h2-3,6-7,11,14H,4-5,8-10,12-13H2,1H3/t14-/m0/s1. The quantitative estimate of drug-likeness (QED) is 0.751. The predicted molar refractivity (Wildman–Crippen MR) is 99.6 cm³/mol. The van der Waals surface area contributed by atoms with Gasteiger partial charge in [0.15, 0.2) is 11.5 Å². The number of carbonyl (C=O) groups excluding carboxylic acids is 1. The third-order valence-electron chi connectivity index (χ3n) is 5.09. The molecule has 0 saturated carbocycles. The van der Waals surface area contributed by atoms with E-state index < -0.39 is 0 Å². The first-order valence-corrected chi connectivity index (χ1v) is 10.2. The van der Waals surface area contributed by atoms with Crippen molar-refractivity contribution in [1.82, 2.24) is 15.0 Å². The molecule has 7 heteroatoms. The summed E-state index contributed by atoms with van der Waals surface area (Å²) in [5, 5.41) is 3.97. The summed E-state index contributed by atoms with van der Waals surface area (Å²) in [6.45, 7) is 3.92. The maximum atomic E-state index is 12.7. The summed E-state index contributed by atoms with van der Waals surface area (Å²) in [6.07, 6.45) is 4.42. The van der Waals surface area contributed by atoms with Crippen molar-refractivity contribution in [3.05, 3.63) is 41.8 Å². The van der Waals surface area contributed by atoms with E-state index in [9.17, 15) is 4.79 Å². The summed E-state index contributed by atoms with van der Waals surface area (Å²) in [7, 11) is 0. The zero-order valence-corrected chi connectivity index (χ0v) is 15.7. The summed E-state index contributed by atoms with van der Waals surface area (Å²) >= 11 is 1.63. The Bertz CT molecular complexity index is 779. The Labute approximate surface area is 157 Å². The summed E-state index contributed by atoms with van der Waals surface area (Å²) < 4.78 is 11.1. The van der Waals surface area contributed by atoms with Crippen molar-refractivity contribution in [3.63, 3.8) is 0 Å². The number of hydrogen-bond donors (Lipinski definition) is 0. The number of carbonyl (C=O) groups is 1. The Morgan fingerprint density at radius 2 is 2.23 bits per heavy atom. The lowest BCUT2D eigenvalue weighted by Crippen LogP contribution is -2.52. The molecule has 0 bridgehead atoms. The molecule has 1 aromatic heterocycles. The molecule has 4 rings (SSSR count). The van der Waals surface area contributed by atoms with E-state index in [4.69, 9.17) is 9.26 Å². The second kappa shape index (κ2) is 7.72. The van der Waals surface area contributed by atoms with E-state index in [0.29, 0.717) is 17.5 Å². The molecule has 2 aliphatic rings. The lowest BCUT2D eigenvalue weighted by Gasteiger charge is -2.37. The summed E-state index contributed by atoms with van der Waals surface area (Å²) in [4.78, 5) is 18.2. The van der Waals surface area contributed by atoms with Crippen LogP contribution in [0.25, 0.3) is 0 Å². The van der Waals surface area contributed by atoms with Gasteiger partial charge in [0, 0.05) is 36.6 Å². The fourth-order valence-corrected chi connectivity index (χ4v) is 4.25. The molecule has 2 fully saturated rings. The van der Waals surface area contributed by atoms with Gasteiger partial charge < -0.3 is 14.2 Å². The molecule has 1 amide bonds. The van der Waals surface area contributed by atoms with E-state index in [0.717, 1.165) is 36.8 Å². The van der Waals surface area contributed by atoms with Gasteiger partial charge in [-0.3, -0.25) is 9.69 Å². The average Bonchev–Trinajstić information content (AvgIpc) is 3.34. The molecule has 2 aromatic rings. The van der Waals surface area contributed by atoms with Crippen LogP contribution in [0, 0.1) is 0 Å². The number of hydrogen-bond acceptors (Lipinski definition) is 6. The summed E-state index contributed by atoms with van der Waals surface area (Å²) in [6, 6.07) is 10.1. The van der Waals surface area contributed by atoms with Crippen LogP contribution in [0.1, 0.15) is 29.1 Å². The zero-order valence-electron chi connectivity index (χ0n) is 14.9.